The summed E-state index contributed by atoms with van der Waals surface area (Å²) in [5, 5.41) is 15.5. The number of hydrogen-bond acceptors (Lipinski definition) is 3. The Bertz CT molecular complexity index is 443. The van der Waals surface area contributed by atoms with Crippen molar-refractivity contribution in [2.24, 2.45) is 5.92 Å². The zero-order valence-electron chi connectivity index (χ0n) is 13.3. The topological polar surface area (TPSA) is 70.6 Å². The molecule has 0 aliphatic rings. The van der Waals surface area contributed by atoms with Crippen LogP contribution >= 0.6 is 0 Å². The maximum Gasteiger partial charge on any atom is 0.314 e. The second-order valence-corrected chi connectivity index (χ2v) is 5.59. The molecule has 2 atom stereocenters. The maximum absolute atomic E-state index is 11.6. The predicted molar refractivity (Wildman–Crippen MR) is 83.3 cm³/mol. The Balaban J connectivity index is 2.38. The summed E-state index contributed by atoms with van der Waals surface area (Å²) in [4.78, 5) is 11.6. The first-order valence-electron chi connectivity index (χ1n) is 7.19. The molecule has 0 aliphatic heterocycles. The van der Waals surface area contributed by atoms with Gasteiger partial charge in [0.15, 0.2) is 0 Å². The quantitative estimate of drug-likeness (QED) is 0.719. The Morgan fingerprint density at radius 1 is 1.19 bits per heavy atom. The summed E-state index contributed by atoms with van der Waals surface area (Å²) < 4.78 is 5.00. The Morgan fingerprint density at radius 2 is 1.76 bits per heavy atom. The van der Waals surface area contributed by atoms with Gasteiger partial charge in [0.05, 0.1) is 12.7 Å². The first-order chi connectivity index (χ1) is 9.92. The molecular formula is C16H26N2O3. The molecule has 0 bridgehead atoms. The number of methoxy groups -OCH3 is 1. The van der Waals surface area contributed by atoms with Gasteiger partial charge < -0.3 is 20.5 Å². The Hall–Kier alpha value is -1.59. The van der Waals surface area contributed by atoms with E-state index in [1.165, 1.54) is 0 Å². The first kappa shape index (κ1) is 17.5. The minimum atomic E-state index is -0.703. The van der Waals surface area contributed by atoms with Gasteiger partial charge in [0.2, 0.25) is 0 Å². The molecule has 3 N–H and O–H groups in total. The second kappa shape index (κ2) is 8.64. The van der Waals surface area contributed by atoms with Crippen molar-refractivity contribution in [3.8, 4) is 0 Å². The molecule has 21 heavy (non-hydrogen) atoms. The van der Waals surface area contributed by atoms with Crippen LogP contribution in [0, 0.1) is 19.8 Å². The summed E-state index contributed by atoms with van der Waals surface area (Å²) in [5.74, 6) is 0.255. The highest BCUT2D eigenvalue weighted by Crippen LogP contribution is 2.16. The summed E-state index contributed by atoms with van der Waals surface area (Å²) in [6.07, 6.45) is -0.703. The van der Waals surface area contributed by atoms with E-state index in [-0.39, 0.29) is 18.5 Å². The number of nitrogens with one attached hydrogen (secondary N) is 2. The van der Waals surface area contributed by atoms with Crippen LogP contribution in [0.25, 0.3) is 0 Å². The average molecular weight is 294 g/mol. The minimum absolute atomic E-state index is 0.188. The van der Waals surface area contributed by atoms with Crippen LogP contribution in [0.1, 0.15) is 29.7 Å². The molecule has 0 unspecified atom stereocenters. The highest BCUT2D eigenvalue weighted by molar-refractivity contribution is 5.73. The third-order valence-electron chi connectivity index (χ3n) is 3.15. The van der Waals surface area contributed by atoms with Crippen LogP contribution in [0.3, 0.4) is 0 Å². The lowest BCUT2D eigenvalue weighted by Crippen LogP contribution is -2.40. The van der Waals surface area contributed by atoms with Crippen LogP contribution in [0.5, 0.6) is 0 Å². The summed E-state index contributed by atoms with van der Waals surface area (Å²) in [6.45, 7) is 7.30. The fraction of sp³-hybridized carbons (Fsp3) is 0.562. The standard InChI is InChI=1S/C16H26N2O3/c1-11-5-12(2)7-14(6-11)15(19)9-18-16(20)17-8-13(3)10-21-4/h5-7,13,15,19H,8-10H2,1-4H3,(H2,17,18,20)/t13-,15-/m1/s1. The number of rotatable bonds is 7. The van der Waals surface area contributed by atoms with E-state index in [2.05, 4.69) is 10.6 Å². The van der Waals surface area contributed by atoms with E-state index in [1.54, 1.807) is 7.11 Å². The van der Waals surface area contributed by atoms with Crippen LogP contribution in [0.2, 0.25) is 0 Å². The number of carbonyl (C=O) groups excluding carboxylic acids is 1. The number of hydrogen-bond donors (Lipinski definition) is 3. The van der Waals surface area contributed by atoms with Crippen LogP contribution in [0.4, 0.5) is 4.79 Å². The van der Waals surface area contributed by atoms with Crippen LogP contribution in [-0.4, -0.2) is 37.9 Å². The number of aliphatic hydroxyl groups is 1. The van der Waals surface area contributed by atoms with E-state index in [0.717, 1.165) is 16.7 Å². The van der Waals surface area contributed by atoms with Crippen molar-refractivity contribution in [3.63, 3.8) is 0 Å². The molecule has 1 aromatic carbocycles. The molecule has 1 aromatic rings. The number of aliphatic hydroxyl groups excluding tert-OH is 1. The Kier molecular flexibility index (Phi) is 7.19. The molecule has 1 rings (SSSR count). The number of benzene rings is 1. The lowest BCUT2D eigenvalue weighted by molar-refractivity contribution is 0.156. The number of urea groups is 1. The van der Waals surface area contributed by atoms with Crippen molar-refractivity contribution in [1.29, 1.82) is 0 Å². The normalized spacial score (nSPS) is 13.6. The van der Waals surface area contributed by atoms with E-state index in [4.69, 9.17) is 4.74 Å². The predicted octanol–water partition coefficient (Wildman–Crippen LogP) is 1.92. The van der Waals surface area contributed by atoms with Crippen molar-refractivity contribution in [1.82, 2.24) is 10.6 Å². The van der Waals surface area contributed by atoms with Crippen LogP contribution in [-0.2, 0) is 4.74 Å². The first-order valence-corrected chi connectivity index (χ1v) is 7.19. The van der Waals surface area contributed by atoms with Crippen molar-refractivity contribution >= 4 is 6.03 Å². The molecule has 0 saturated heterocycles. The lowest BCUT2D eigenvalue weighted by Gasteiger charge is -2.15. The molecule has 118 valence electrons. The fourth-order valence-corrected chi connectivity index (χ4v) is 2.18. The van der Waals surface area contributed by atoms with Gasteiger partial charge in [0.25, 0.3) is 0 Å². The highest BCUT2D eigenvalue weighted by Gasteiger charge is 2.11. The van der Waals surface area contributed by atoms with Crippen molar-refractivity contribution in [3.05, 3.63) is 34.9 Å². The molecule has 0 radical (unpaired) electrons. The summed E-state index contributed by atoms with van der Waals surface area (Å²) in [5.41, 5.74) is 3.02. The highest BCUT2D eigenvalue weighted by atomic mass is 16.5. The monoisotopic (exact) mass is 294 g/mol. The van der Waals surface area contributed by atoms with Crippen molar-refractivity contribution in [2.45, 2.75) is 26.9 Å². The molecule has 0 aliphatic carbocycles. The van der Waals surface area contributed by atoms with Crippen LogP contribution in [0.15, 0.2) is 18.2 Å². The van der Waals surface area contributed by atoms with Gasteiger partial charge in [-0.2, -0.15) is 0 Å². The lowest BCUT2D eigenvalue weighted by atomic mass is 10.0. The molecule has 0 saturated carbocycles. The molecule has 0 heterocycles. The van der Waals surface area contributed by atoms with Gasteiger partial charge >= 0.3 is 6.03 Å². The van der Waals surface area contributed by atoms with Crippen molar-refractivity contribution < 1.29 is 14.6 Å². The largest absolute Gasteiger partial charge is 0.387 e. The van der Waals surface area contributed by atoms with Crippen LogP contribution < -0.4 is 10.6 Å². The summed E-state index contributed by atoms with van der Waals surface area (Å²) in [6, 6.07) is 5.63. The summed E-state index contributed by atoms with van der Waals surface area (Å²) >= 11 is 0. The van der Waals surface area contributed by atoms with E-state index < -0.39 is 6.10 Å². The van der Waals surface area contributed by atoms with E-state index in [1.807, 2.05) is 39.0 Å². The van der Waals surface area contributed by atoms with Gasteiger partial charge in [-0.3, -0.25) is 0 Å². The van der Waals surface area contributed by atoms with Gasteiger partial charge in [-0.25, -0.2) is 4.79 Å². The molecule has 0 aromatic heterocycles. The van der Waals surface area contributed by atoms with E-state index in [0.29, 0.717) is 13.2 Å². The SMILES string of the molecule is COC[C@H](C)CNC(=O)NC[C@@H](O)c1cc(C)cc(C)c1. The molecular weight excluding hydrogens is 268 g/mol. The molecule has 5 nitrogen and oxygen atoms in total. The second-order valence-electron chi connectivity index (χ2n) is 5.59. The fourth-order valence-electron chi connectivity index (χ4n) is 2.18. The van der Waals surface area contributed by atoms with Crippen molar-refractivity contribution in [2.75, 3.05) is 26.8 Å². The average Bonchev–Trinajstić information content (AvgIpc) is 2.41. The Labute approximate surface area is 126 Å². The maximum atomic E-state index is 11.6. The van der Waals surface area contributed by atoms with Gasteiger partial charge in [-0.05, 0) is 25.3 Å². The number of carbonyl (C=O) groups is 1. The molecule has 2 amide bonds. The van der Waals surface area contributed by atoms with Gasteiger partial charge in [-0.15, -0.1) is 0 Å². The minimum Gasteiger partial charge on any atom is -0.387 e. The number of amides is 2. The molecule has 0 spiro atoms. The number of aryl methyl sites for hydroxylation is 2. The number of ether oxygens (including phenoxy) is 1. The van der Waals surface area contributed by atoms with Gasteiger partial charge in [0.1, 0.15) is 0 Å². The van der Waals surface area contributed by atoms with E-state index in [9.17, 15) is 9.90 Å². The van der Waals surface area contributed by atoms with Gasteiger partial charge in [0, 0.05) is 20.2 Å². The zero-order chi connectivity index (χ0) is 15.8. The summed E-state index contributed by atoms with van der Waals surface area (Å²) in [7, 11) is 1.64. The molecule has 5 heteroatoms. The Morgan fingerprint density at radius 3 is 2.33 bits per heavy atom. The third kappa shape index (κ3) is 6.60. The zero-order valence-corrected chi connectivity index (χ0v) is 13.3. The molecule has 0 fully saturated rings. The van der Waals surface area contributed by atoms with E-state index >= 15 is 0 Å². The third-order valence-corrected chi connectivity index (χ3v) is 3.15. The smallest absolute Gasteiger partial charge is 0.314 e. The van der Waals surface area contributed by atoms with Gasteiger partial charge in [-0.1, -0.05) is 36.2 Å².